The lowest BCUT2D eigenvalue weighted by atomic mass is 9.89. The van der Waals surface area contributed by atoms with E-state index in [1.165, 1.54) is 5.39 Å². The molecule has 2 rings (SSSR count). The summed E-state index contributed by atoms with van der Waals surface area (Å²) in [5.74, 6) is 0.343. The molecule has 15 heavy (non-hydrogen) atoms. The van der Waals surface area contributed by atoms with Gasteiger partial charge in [0.15, 0.2) is 0 Å². The van der Waals surface area contributed by atoms with Crippen LogP contribution in [0, 0.1) is 17.2 Å². The molecule has 0 saturated carbocycles. The zero-order valence-electron chi connectivity index (χ0n) is 8.99. The lowest BCUT2D eigenvalue weighted by molar-refractivity contribution is 0.588. The Hall–Kier alpha value is -1.75. The summed E-state index contributed by atoms with van der Waals surface area (Å²) in [4.78, 5) is 3.15. The Labute approximate surface area is 89.5 Å². The first-order chi connectivity index (χ1) is 7.22. The maximum Gasteiger partial charge on any atom is 0.0735 e. The zero-order valence-corrected chi connectivity index (χ0v) is 8.99. The highest BCUT2D eigenvalue weighted by Crippen LogP contribution is 2.26. The molecule has 2 aromatic rings. The Morgan fingerprint density at radius 3 is 2.73 bits per heavy atom. The van der Waals surface area contributed by atoms with Crippen LogP contribution in [0.2, 0.25) is 0 Å². The second-order valence-corrected chi connectivity index (χ2v) is 4.18. The van der Waals surface area contributed by atoms with E-state index in [0.29, 0.717) is 5.92 Å². The van der Waals surface area contributed by atoms with Gasteiger partial charge in [0.1, 0.15) is 0 Å². The van der Waals surface area contributed by atoms with Gasteiger partial charge in [-0.3, -0.25) is 0 Å². The maximum atomic E-state index is 9.11. The lowest BCUT2D eigenvalue weighted by Crippen LogP contribution is -2.03. The van der Waals surface area contributed by atoms with Crippen molar-refractivity contribution >= 4 is 10.9 Å². The summed E-state index contributed by atoms with van der Waals surface area (Å²) >= 11 is 0. The van der Waals surface area contributed by atoms with E-state index in [0.717, 1.165) is 11.1 Å². The molecule has 1 atom stereocenters. The number of fused-ring (bicyclic) bond motifs is 1. The molecule has 1 heterocycles. The summed E-state index contributed by atoms with van der Waals surface area (Å²) in [5, 5.41) is 10.3. The largest absolute Gasteiger partial charge is 0.361 e. The minimum atomic E-state index is -0.00991. The minimum Gasteiger partial charge on any atom is -0.361 e. The molecule has 76 valence electrons. The molecular weight excluding hydrogens is 184 g/mol. The minimum absolute atomic E-state index is 0.00991. The highest BCUT2D eigenvalue weighted by atomic mass is 14.7. The molecule has 0 fully saturated rings. The fourth-order valence-electron chi connectivity index (χ4n) is 1.87. The summed E-state index contributed by atoms with van der Waals surface area (Å²) in [6, 6.07) is 10.6. The van der Waals surface area contributed by atoms with E-state index in [-0.39, 0.29) is 5.92 Å². The predicted molar refractivity (Wildman–Crippen MR) is 61.5 cm³/mol. The SMILES string of the molecule is CC(C)C(C#N)c1ccc2[nH]ccc2c1. The molecule has 0 aliphatic rings. The van der Waals surface area contributed by atoms with Crippen LogP contribution in [0.15, 0.2) is 30.5 Å². The van der Waals surface area contributed by atoms with Gasteiger partial charge in [-0.15, -0.1) is 0 Å². The van der Waals surface area contributed by atoms with Crippen molar-refractivity contribution in [1.29, 1.82) is 5.26 Å². The van der Waals surface area contributed by atoms with Crippen LogP contribution in [0.25, 0.3) is 10.9 Å². The summed E-state index contributed by atoms with van der Waals surface area (Å²) in [7, 11) is 0. The normalized spacial score (nSPS) is 12.9. The first-order valence-electron chi connectivity index (χ1n) is 5.19. The van der Waals surface area contributed by atoms with Crippen LogP contribution in [0.5, 0.6) is 0 Å². The van der Waals surface area contributed by atoms with Crippen molar-refractivity contribution in [2.24, 2.45) is 5.92 Å². The van der Waals surface area contributed by atoms with Gasteiger partial charge < -0.3 is 4.98 Å². The van der Waals surface area contributed by atoms with E-state index in [2.05, 4.69) is 31.0 Å². The lowest BCUT2D eigenvalue weighted by Gasteiger charge is -2.13. The third kappa shape index (κ3) is 1.73. The van der Waals surface area contributed by atoms with Crippen molar-refractivity contribution in [1.82, 2.24) is 4.98 Å². The molecule has 1 N–H and O–H groups in total. The van der Waals surface area contributed by atoms with Gasteiger partial charge in [-0.05, 0) is 35.1 Å². The van der Waals surface area contributed by atoms with Gasteiger partial charge in [0.25, 0.3) is 0 Å². The summed E-state index contributed by atoms with van der Waals surface area (Å²) in [6.07, 6.45) is 1.92. The van der Waals surface area contributed by atoms with Crippen molar-refractivity contribution in [3.63, 3.8) is 0 Å². The number of nitrogens with one attached hydrogen (secondary N) is 1. The predicted octanol–water partition coefficient (Wildman–Crippen LogP) is 3.43. The summed E-state index contributed by atoms with van der Waals surface area (Å²) < 4.78 is 0. The van der Waals surface area contributed by atoms with Crippen molar-refractivity contribution < 1.29 is 0 Å². The van der Waals surface area contributed by atoms with Crippen molar-refractivity contribution in [3.05, 3.63) is 36.0 Å². The van der Waals surface area contributed by atoms with E-state index in [9.17, 15) is 0 Å². The molecule has 0 bridgehead atoms. The molecule has 2 nitrogen and oxygen atoms in total. The second kappa shape index (κ2) is 3.78. The highest BCUT2D eigenvalue weighted by Gasteiger charge is 2.14. The van der Waals surface area contributed by atoms with Gasteiger partial charge in [-0.1, -0.05) is 19.9 Å². The maximum absolute atomic E-state index is 9.11. The van der Waals surface area contributed by atoms with Crippen LogP contribution in [-0.4, -0.2) is 4.98 Å². The fraction of sp³-hybridized carbons (Fsp3) is 0.308. The third-order valence-electron chi connectivity index (χ3n) is 2.74. The average molecular weight is 198 g/mol. The Balaban J connectivity index is 2.47. The summed E-state index contributed by atoms with van der Waals surface area (Å²) in [6.45, 7) is 4.16. The first-order valence-corrected chi connectivity index (χ1v) is 5.19. The van der Waals surface area contributed by atoms with Crippen LogP contribution in [-0.2, 0) is 0 Å². The molecule has 0 saturated heterocycles. The molecular formula is C13H14N2. The van der Waals surface area contributed by atoms with Crippen LogP contribution in [0.4, 0.5) is 0 Å². The average Bonchev–Trinajstić information content (AvgIpc) is 2.65. The number of hydrogen-bond acceptors (Lipinski definition) is 1. The van der Waals surface area contributed by atoms with E-state index in [4.69, 9.17) is 5.26 Å². The van der Waals surface area contributed by atoms with Gasteiger partial charge >= 0.3 is 0 Å². The molecule has 0 spiro atoms. The first kappa shape index (κ1) is 9.79. The van der Waals surface area contributed by atoms with E-state index < -0.39 is 0 Å². The quantitative estimate of drug-likeness (QED) is 0.788. The highest BCUT2D eigenvalue weighted by molar-refractivity contribution is 5.80. The Kier molecular flexibility index (Phi) is 2.47. The number of rotatable bonds is 2. The molecule has 0 radical (unpaired) electrons. The van der Waals surface area contributed by atoms with Crippen LogP contribution in [0.3, 0.4) is 0 Å². The summed E-state index contributed by atoms with van der Waals surface area (Å²) in [5.41, 5.74) is 2.23. The number of H-pyrrole nitrogens is 1. The van der Waals surface area contributed by atoms with E-state index >= 15 is 0 Å². The molecule has 1 aromatic heterocycles. The van der Waals surface area contributed by atoms with E-state index in [1.54, 1.807) is 0 Å². The smallest absolute Gasteiger partial charge is 0.0735 e. The number of aromatic amines is 1. The van der Waals surface area contributed by atoms with Crippen molar-refractivity contribution in [2.45, 2.75) is 19.8 Å². The monoisotopic (exact) mass is 198 g/mol. The Bertz CT molecular complexity index is 502. The van der Waals surface area contributed by atoms with Crippen LogP contribution < -0.4 is 0 Å². The van der Waals surface area contributed by atoms with Crippen molar-refractivity contribution in [3.8, 4) is 6.07 Å². The molecule has 0 aliphatic carbocycles. The zero-order chi connectivity index (χ0) is 10.8. The molecule has 1 aromatic carbocycles. The van der Waals surface area contributed by atoms with Gasteiger partial charge in [-0.25, -0.2) is 0 Å². The Morgan fingerprint density at radius 2 is 2.07 bits per heavy atom. The van der Waals surface area contributed by atoms with Crippen LogP contribution >= 0.6 is 0 Å². The molecule has 2 heteroatoms. The molecule has 1 unspecified atom stereocenters. The number of hydrogen-bond donors (Lipinski definition) is 1. The van der Waals surface area contributed by atoms with Crippen molar-refractivity contribution in [2.75, 3.05) is 0 Å². The van der Waals surface area contributed by atoms with Gasteiger partial charge in [0, 0.05) is 11.7 Å². The number of aromatic nitrogens is 1. The standard InChI is InChI=1S/C13H14N2/c1-9(2)12(8-14)10-3-4-13-11(7-10)5-6-15-13/h3-7,9,12,15H,1-2H3. The van der Waals surface area contributed by atoms with Gasteiger partial charge in [0.2, 0.25) is 0 Å². The van der Waals surface area contributed by atoms with Gasteiger partial charge in [0.05, 0.1) is 12.0 Å². The second-order valence-electron chi connectivity index (χ2n) is 4.18. The molecule has 0 amide bonds. The topological polar surface area (TPSA) is 39.6 Å². The third-order valence-corrected chi connectivity index (χ3v) is 2.74. The fourth-order valence-corrected chi connectivity index (χ4v) is 1.87. The number of benzene rings is 1. The van der Waals surface area contributed by atoms with Gasteiger partial charge in [-0.2, -0.15) is 5.26 Å². The van der Waals surface area contributed by atoms with E-state index in [1.807, 2.05) is 24.4 Å². The molecule has 0 aliphatic heterocycles. The Morgan fingerprint density at radius 1 is 1.27 bits per heavy atom. The number of nitrogens with zero attached hydrogens (tertiary/aromatic N) is 1. The number of nitriles is 1. The van der Waals surface area contributed by atoms with Crippen LogP contribution in [0.1, 0.15) is 25.3 Å².